The van der Waals surface area contributed by atoms with Crippen molar-refractivity contribution in [3.05, 3.63) is 0 Å². The van der Waals surface area contributed by atoms with E-state index in [4.69, 9.17) is 0 Å². The van der Waals surface area contributed by atoms with Crippen molar-refractivity contribution in [2.24, 2.45) is 11.3 Å². The molecule has 4 heteroatoms. The Labute approximate surface area is 129 Å². The second kappa shape index (κ2) is 7.10. The van der Waals surface area contributed by atoms with Gasteiger partial charge in [-0.1, -0.05) is 20.8 Å². The predicted octanol–water partition coefficient (Wildman–Crippen LogP) is 2.12. The van der Waals surface area contributed by atoms with E-state index in [0.29, 0.717) is 24.9 Å². The van der Waals surface area contributed by atoms with Crippen LogP contribution in [0.3, 0.4) is 0 Å². The van der Waals surface area contributed by atoms with Gasteiger partial charge in [-0.2, -0.15) is 0 Å². The monoisotopic (exact) mass is 296 g/mol. The fourth-order valence-corrected chi connectivity index (χ4v) is 3.71. The summed E-state index contributed by atoms with van der Waals surface area (Å²) in [7, 11) is 0. The van der Waals surface area contributed by atoms with Crippen LogP contribution in [0.1, 0.15) is 52.9 Å². The molecule has 1 N–H and O–H groups in total. The Kier molecular flexibility index (Phi) is 5.67. The van der Waals surface area contributed by atoms with Crippen LogP contribution in [0.4, 0.5) is 0 Å². The van der Waals surface area contributed by atoms with Crippen molar-refractivity contribution in [1.82, 2.24) is 9.80 Å². The molecule has 2 aliphatic rings. The van der Waals surface area contributed by atoms with Gasteiger partial charge in [0.2, 0.25) is 5.91 Å². The highest BCUT2D eigenvalue weighted by Gasteiger charge is 2.28. The molecule has 0 spiro atoms. The molecule has 2 heterocycles. The van der Waals surface area contributed by atoms with Crippen molar-refractivity contribution in [1.29, 1.82) is 0 Å². The van der Waals surface area contributed by atoms with Crippen LogP contribution < -0.4 is 0 Å². The standard InChI is InChI=1S/C17H32N2O2/c1-17(2,3)14-6-4-9-18(11-8-14)12-15(20)13-19-10-5-7-16(19)21/h14-15,20H,4-13H2,1-3H3/t14-,15+/m1/s1. The van der Waals surface area contributed by atoms with Crippen LogP contribution in [-0.2, 0) is 4.79 Å². The molecule has 2 rings (SSSR count). The molecule has 2 atom stereocenters. The predicted molar refractivity (Wildman–Crippen MR) is 85.1 cm³/mol. The van der Waals surface area contributed by atoms with Crippen LogP contribution >= 0.6 is 0 Å². The van der Waals surface area contributed by atoms with Crippen LogP contribution in [0.25, 0.3) is 0 Å². The first kappa shape index (κ1) is 16.8. The van der Waals surface area contributed by atoms with Gasteiger partial charge in [0.1, 0.15) is 0 Å². The molecule has 2 fully saturated rings. The summed E-state index contributed by atoms with van der Waals surface area (Å²) in [5, 5.41) is 10.3. The summed E-state index contributed by atoms with van der Waals surface area (Å²) in [4.78, 5) is 15.8. The number of carbonyl (C=O) groups is 1. The van der Waals surface area contributed by atoms with Crippen LogP contribution in [0.15, 0.2) is 0 Å². The van der Waals surface area contributed by atoms with Gasteiger partial charge in [0.15, 0.2) is 0 Å². The molecule has 0 aliphatic carbocycles. The molecular weight excluding hydrogens is 264 g/mol. The lowest BCUT2D eigenvalue weighted by molar-refractivity contribution is -0.129. The van der Waals surface area contributed by atoms with E-state index in [9.17, 15) is 9.90 Å². The molecule has 0 aromatic rings. The second-order valence-electron chi connectivity index (χ2n) is 7.89. The fourth-order valence-electron chi connectivity index (χ4n) is 3.71. The normalized spacial score (nSPS) is 27.0. The highest BCUT2D eigenvalue weighted by atomic mass is 16.3. The molecule has 0 aromatic heterocycles. The maximum Gasteiger partial charge on any atom is 0.222 e. The summed E-state index contributed by atoms with van der Waals surface area (Å²) in [6.07, 6.45) is 4.93. The van der Waals surface area contributed by atoms with Gasteiger partial charge in [-0.15, -0.1) is 0 Å². The number of aliphatic hydroxyl groups excluding tert-OH is 1. The molecule has 122 valence electrons. The third kappa shape index (κ3) is 4.96. The molecule has 0 saturated carbocycles. The zero-order chi connectivity index (χ0) is 15.5. The summed E-state index contributed by atoms with van der Waals surface area (Å²) < 4.78 is 0. The fraction of sp³-hybridized carbons (Fsp3) is 0.941. The number of aliphatic hydroxyl groups is 1. The summed E-state index contributed by atoms with van der Waals surface area (Å²) in [6, 6.07) is 0. The average molecular weight is 296 g/mol. The zero-order valence-corrected chi connectivity index (χ0v) is 14.0. The van der Waals surface area contributed by atoms with Gasteiger partial charge in [-0.3, -0.25) is 4.79 Å². The van der Waals surface area contributed by atoms with Gasteiger partial charge in [-0.25, -0.2) is 0 Å². The van der Waals surface area contributed by atoms with E-state index in [2.05, 4.69) is 25.7 Å². The molecule has 21 heavy (non-hydrogen) atoms. The third-order valence-corrected chi connectivity index (χ3v) is 5.12. The van der Waals surface area contributed by atoms with Gasteiger partial charge >= 0.3 is 0 Å². The number of carbonyl (C=O) groups excluding carboxylic acids is 1. The minimum Gasteiger partial charge on any atom is -0.390 e. The SMILES string of the molecule is CC(C)(C)[C@@H]1CCCN(C[C@H](O)CN2CCCC2=O)CC1. The Morgan fingerprint density at radius 1 is 1.14 bits per heavy atom. The van der Waals surface area contributed by atoms with E-state index in [1.807, 2.05) is 4.90 Å². The summed E-state index contributed by atoms with van der Waals surface area (Å²) in [5.74, 6) is 0.984. The second-order valence-corrected chi connectivity index (χ2v) is 7.89. The van der Waals surface area contributed by atoms with Crippen LogP contribution in [-0.4, -0.2) is 59.6 Å². The lowest BCUT2D eigenvalue weighted by Gasteiger charge is -2.30. The van der Waals surface area contributed by atoms with Crippen molar-refractivity contribution in [3.63, 3.8) is 0 Å². The van der Waals surface area contributed by atoms with Gasteiger partial charge < -0.3 is 14.9 Å². The van der Waals surface area contributed by atoms with E-state index < -0.39 is 6.10 Å². The van der Waals surface area contributed by atoms with Crippen molar-refractivity contribution in [2.45, 2.75) is 59.0 Å². The number of β-amino-alcohol motifs (C(OH)–C–C–N with tert-alkyl or cyclic N) is 1. The first-order chi connectivity index (χ1) is 9.86. The molecule has 1 amide bonds. The molecular formula is C17H32N2O2. The number of nitrogens with zero attached hydrogens (tertiary/aromatic N) is 2. The number of hydrogen-bond donors (Lipinski definition) is 1. The first-order valence-corrected chi connectivity index (χ1v) is 8.54. The van der Waals surface area contributed by atoms with Crippen LogP contribution in [0, 0.1) is 11.3 Å². The Morgan fingerprint density at radius 3 is 2.52 bits per heavy atom. The molecule has 0 unspecified atom stereocenters. The van der Waals surface area contributed by atoms with Crippen LogP contribution in [0.5, 0.6) is 0 Å². The lowest BCUT2D eigenvalue weighted by Crippen LogP contribution is -2.41. The van der Waals surface area contributed by atoms with Gasteiger partial charge in [0.05, 0.1) is 6.10 Å². The summed E-state index contributed by atoms with van der Waals surface area (Å²) >= 11 is 0. The number of hydrogen-bond acceptors (Lipinski definition) is 3. The van der Waals surface area contributed by atoms with E-state index in [1.54, 1.807) is 0 Å². The summed E-state index contributed by atoms with van der Waals surface area (Å²) in [6.45, 7) is 11.2. The molecule has 0 radical (unpaired) electrons. The smallest absolute Gasteiger partial charge is 0.222 e. The largest absolute Gasteiger partial charge is 0.390 e. The van der Waals surface area contributed by atoms with E-state index >= 15 is 0 Å². The Balaban J connectivity index is 1.76. The quantitative estimate of drug-likeness (QED) is 0.864. The Hall–Kier alpha value is -0.610. The van der Waals surface area contributed by atoms with E-state index in [1.165, 1.54) is 19.3 Å². The molecule has 0 bridgehead atoms. The van der Waals surface area contributed by atoms with Crippen LogP contribution in [0.2, 0.25) is 0 Å². The topological polar surface area (TPSA) is 43.8 Å². The maximum atomic E-state index is 11.6. The maximum absolute atomic E-state index is 11.6. The van der Waals surface area contributed by atoms with Gasteiger partial charge in [0.25, 0.3) is 0 Å². The molecule has 0 aromatic carbocycles. The zero-order valence-electron chi connectivity index (χ0n) is 14.0. The number of amides is 1. The van der Waals surface area contributed by atoms with E-state index in [0.717, 1.165) is 32.0 Å². The van der Waals surface area contributed by atoms with Crippen molar-refractivity contribution in [3.8, 4) is 0 Å². The van der Waals surface area contributed by atoms with E-state index in [-0.39, 0.29) is 5.91 Å². The first-order valence-electron chi connectivity index (χ1n) is 8.54. The molecule has 2 aliphatic heterocycles. The minimum absolute atomic E-state index is 0.206. The van der Waals surface area contributed by atoms with Gasteiger partial charge in [0, 0.05) is 26.1 Å². The average Bonchev–Trinajstić information content (AvgIpc) is 2.64. The Bertz CT molecular complexity index is 351. The van der Waals surface area contributed by atoms with Gasteiger partial charge in [-0.05, 0) is 50.1 Å². The molecule has 4 nitrogen and oxygen atoms in total. The number of rotatable bonds is 4. The Morgan fingerprint density at radius 2 is 1.90 bits per heavy atom. The summed E-state index contributed by atoms with van der Waals surface area (Å²) in [5.41, 5.74) is 0.386. The highest BCUT2D eigenvalue weighted by molar-refractivity contribution is 5.78. The lowest BCUT2D eigenvalue weighted by atomic mass is 9.77. The third-order valence-electron chi connectivity index (χ3n) is 5.12. The highest BCUT2D eigenvalue weighted by Crippen LogP contribution is 2.34. The number of likely N-dealkylation sites (tertiary alicyclic amines) is 2. The minimum atomic E-state index is -0.404. The van der Waals surface area contributed by atoms with Crippen molar-refractivity contribution in [2.75, 3.05) is 32.7 Å². The van der Waals surface area contributed by atoms with Crippen molar-refractivity contribution >= 4 is 5.91 Å². The molecule has 2 saturated heterocycles. The van der Waals surface area contributed by atoms with Crippen molar-refractivity contribution < 1.29 is 9.90 Å².